The summed E-state index contributed by atoms with van der Waals surface area (Å²) in [5, 5.41) is 11.8. The zero-order valence-electron chi connectivity index (χ0n) is 33.4. The van der Waals surface area contributed by atoms with E-state index in [0.717, 1.165) is 43.6 Å². The third-order valence-electron chi connectivity index (χ3n) is 11.6. The van der Waals surface area contributed by atoms with Gasteiger partial charge in [0.1, 0.15) is 30.0 Å². The Balaban J connectivity index is 1.24. The quantitative estimate of drug-likeness (QED) is 0.273. The van der Waals surface area contributed by atoms with Gasteiger partial charge in [-0.3, -0.25) is 28.9 Å². The van der Waals surface area contributed by atoms with Crippen LogP contribution in [0.15, 0.2) is 78.9 Å². The number of rotatable bonds is 7. The van der Waals surface area contributed by atoms with E-state index in [1.165, 1.54) is 31.2 Å². The number of carbonyl (C=O) groups excluding carboxylic acids is 5. The Morgan fingerprint density at radius 3 is 2.26 bits per heavy atom. The van der Waals surface area contributed by atoms with Crippen LogP contribution in [0.25, 0.3) is 0 Å². The first-order valence-electron chi connectivity index (χ1n) is 20.6. The summed E-state index contributed by atoms with van der Waals surface area (Å²) in [6, 6.07) is 22.3. The maximum Gasteiger partial charge on any atom is 0.255 e. The molecule has 2 fully saturated rings. The van der Waals surface area contributed by atoms with Gasteiger partial charge in [-0.05, 0) is 87.4 Å². The van der Waals surface area contributed by atoms with Crippen LogP contribution in [0.4, 0.5) is 0 Å². The van der Waals surface area contributed by atoms with Crippen molar-refractivity contribution in [3.8, 4) is 5.75 Å². The molecule has 12 heteroatoms. The average Bonchev–Trinajstić information content (AvgIpc) is 3.55. The van der Waals surface area contributed by atoms with E-state index in [-0.39, 0.29) is 43.2 Å². The lowest BCUT2D eigenvalue weighted by atomic mass is 9.95. The molecule has 304 valence electrons. The van der Waals surface area contributed by atoms with Gasteiger partial charge in [0.15, 0.2) is 0 Å². The summed E-state index contributed by atoms with van der Waals surface area (Å²) in [5.74, 6) is -1.79. The second-order valence-corrected chi connectivity index (χ2v) is 15.9. The van der Waals surface area contributed by atoms with Crippen molar-refractivity contribution in [2.24, 2.45) is 0 Å². The highest BCUT2D eigenvalue weighted by Gasteiger charge is 2.44. The number of hydrogen-bond acceptors (Lipinski definition) is 7. The number of likely N-dealkylation sites (N-methyl/N-ethyl adjacent to an activating group) is 1. The molecular formula is C45H58N6O6. The van der Waals surface area contributed by atoms with E-state index >= 15 is 0 Å². The number of fused-ring (bicyclic) bond motifs is 1. The van der Waals surface area contributed by atoms with Crippen molar-refractivity contribution in [1.29, 1.82) is 0 Å². The second kappa shape index (κ2) is 19.8. The number of nitrogens with zero attached hydrogens (tertiary/aromatic N) is 2. The van der Waals surface area contributed by atoms with E-state index in [1.54, 1.807) is 43.1 Å². The molecule has 2 heterocycles. The van der Waals surface area contributed by atoms with Crippen molar-refractivity contribution >= 4 is 29.5 Å². The minimum absolute atomic E-state index is 0.00202. The second-order valence-electron chi connectivity index (χ2n) is 15.9. The number of para-hydroxylation sites is 1. The maximum atomic E-state index is 14.0. The molecule has 3 aliphatic rings. The van der Waals surface area contributed by atoms with Gasteiger partial charge in [0.05, 0.1) is 11.6 Å². The summed E-state index contributed by atoms with van der Waals surface area (Å²) in [6.45, 7) is 4.98. The standard InChI is InChI=1S/C45H58N6O6/c1-32-43(55)50(2)36(28-33-15-6-5-7-16-33)31-57-39-20-9-8-19-37(39)41(53)48-38(21-22-40(52)49-45(44(56)47-32)23-10-11-24-45)42(54)46-29-34-17-14-18-35(27-34)30-51-25-12-3-4-13-26-51/h5-9,14-20,27,32,36,38H,3-4,10-13,21-26,28-31H2,1-2H3,(H,46,54)(H,47,56)(H,48,53)(H,49,52)/t32-,36-,38-/m0/s1. The molecular weight excluding hydrogens is 721 g/mol. The van der Waals surface area contributed by atoms with Crippen molar-refractivity contribution in [3.63, 3.8) is 0 Å². The van der Waals surface area contributed by atoms with E-state index in [9.17, 15) is 24.0 Å². The molecule has 0 radical (unpaired) electrons. The monoisotopic (exact) mass is 778 g/mol. The summed E-state index contributed by atoms with van der Waals surface area (Å²) >= 11 is 0. The lowest BCUT2D eigenvalue weighted by Crippen LogP contribution is -2.61. The molecule has 0 bridgehead atoms. The number of ether oxygens (including phenoxy) is 1. The van der Waals surface area contributed by atoms with Gasteiger partial charge in [-0.2, -0.15) is 0 Å². The number of benzene rings is 3. The molecule has 57 heavy (non-hydrogen) atoms. The number of amides is 5. The lowest BCUT2D eigenvalue weighted by molar-refractivity contribution is -0.139. The Morgan fingerprint density at radius 1 is 0.825 bits per heavy atom. The van der Waals surface area contributed by atoms with Gasteiger partial charge in [0, 0.05) is 26.6 Å². The molecule has 5 amide bonds. The van der Waals surface area contributed by atoms with E-state index < -0.39 is 47.3 Å². The molecule has 1 spiro atoms. The minimum atomic E-state index is -1.18. The first-order valence-corrected chi connectivity index (χ1v) is 20.6. The molecule has 3 aromatic carbocycles. The van der Waals surface area contributed by atoms with Gasteiger partial charge in [-0.15, -0.1) is 0 Å². The van der Waals surface area contributed by atoms with Crippen LogP contribution < -0.4 is 26.0 Å². The molecule has 3 aromatic rings. The Morgan fingerprint density at radius 2 is 1.51 bits per heavy atom. The average molecular weight is 779 g/mol. The van der Waals surface area contributed by atoms with Crippen molar-refractivity contribution in [1.82, 2.24) is 31.1 Å². The fourth-order valence-electron chi connectivity index (χ4n) is 8.24. The van der Waals surface area contributed by atoms with Crippen LogP contribution in [0.2, 0.25) is 0 Å². The highest BCUT2D eigenvalue weighted by Crippen LogP contribution is 2.31. The van der Waals surface area contributed by atoms with Gasteiger partial charge >= 0.3 is 0 Å². The van der Waals surface area contributed by atoms with Crippen LogP contribution in [-0.4, -0.2) is 89.7 Å². The fourth-order valence-corrected chi connectivity index (χ4v) is 8.24. The number of likely N-dealkylation sites (tertiary alicyclic amines) is 1. The Labute approximate surface area is 336 Å². The first kappa shape index (κ1) is 41.4. The minimum Gasteiger partial charge on any atom is -0.491 e. The zero-order chi connectivity index (χ0) is 40.2. The van der Waals surface area contributed by atoms with Gasteiger partial charge < -0.3 is 30.9 Å². The van der Waals surface area contributed by atoms with Crippen molar-refractivity contribution in [3.05, 3.63) is 101 Å². The third-order valence-corrected chi connectivity index (χ3v) is 11.6. The summed E-state index contributed by atoms with van der Waals surface area (Å²) in [4.78, 5) is 73.4. The largest absolute Gasteiger partial charge is 0.491 e. The predicted molar refractivity (Wildman–Crippen MR) is 218 cm³/mol. The number of carbonyl (C=O) groups is 5. The number of nitrogens with one attached hydrogen (secondary N) is 4. The van der Waals surface area contributed by atoms with Crippen LogP contribution in [0, 0.1) is 0 Å². The normalized spacial score (nSPS) is 22.8. The molecule has 4 N–H and O–H groups in total. The summed E-state index contributed by atoms with van der Waals surface area (Å²) in [5.41, 5.74) is 2.15. The maximum absolute atomic E-state index is 14.0. The molecule has 3 atom stereocenters. The highest BCUT2D eigenvalue weighted by atomic mass is 16.5. The molecule has 1 aliphatic carbocycles. The van der Waals surface area contributed by atoms with Crippen LogP contribution in [0.5, 0.6) is 5.75 Å². The van der Waals surface area contributed by atoms with Crippen LogP contribution in [-0.2, 0) is 38.7 Å². The molecule has 2 aliphatic heterocycles. The van der Waals surface area contributed by atoms with Crippen molar-refractivity contribution < 1.29 is 28.7 Å². The smallest absolute Gasteiger partial charge is 0.255 e. The summed E-state index contributed by atoms with van der Waals surface area (Å²) in [6.07, 6.45) is 7.64. The summed E-state index contributed by atoms with van der Waals surface area (Å²) in [7, 11) is 1.68. The van der Waals surface area contributed by atoms with Crippen LogP contribution >= 0.6 is 0 Å². The van der Waals surface area contributed by atoms with E-state index in [0.29, 0.717) is 19.3 Å². The molecule has 6 rings (SSSR count). The van der Waals surface area contributed by atoms with Gasteiger partial charge in [-0.25, -0.2) is 0 Å². The molecule has 0 unspecified atom stereocenters. The van der Waals surface area contributed by atoms with Gasteiger partial charge in [-0.1, -0.05) is 92.4 Å². The molecule has 1 saturated carbocycles. The fraction of sp³-hybridized carbons (Fsp3) is 0.489. The topological polar surface area (TPSA) is 149 Å². The SMILES string of the molecule is C[C@@H]1NC(=O)C2(CCCC2)NC(=O)CC[C@@H](C(=O)NCc2cccc(CN3CCCCCC3)c2)NC(=O)c2ccccc2OC[C@H](Cc2ccccc2)N(C)C1=O. The zero-order valence-corrected chi connectivity index (χ0v) is 33.4. The first-order chi connectivity index (χ1) is 27.6. The van der Waals surface area contributed by atoms with E-state index in [4.69, 9.17) is 4.74 Å². The predicted octanol–water partition coefficient (Wildman–Crippen LogP) is 4.65. The Bertz CT molecular complexity index is 1860. The van der Waals surface area contributed by atoms with E-state index in [2.05, 4.69) is 38.3 Å². The highest BCUT2D eigenvalue weighted by molar-refractivity contribution is 6.00. The van der Waals surface area contributed by atoms with E-state index in [1.807, 2.05) is 42.5 Å². The van der Waals surface area contributed by atoms with Gasteiger partial charge in [0.25, 0.3) is 5.91 Å². The lowest BCUT2D eigenvalue weighted by Gasteiger charge is -2.34. The van der Waals surface area contributed by atoms with Gasteiger partial charge in [0.2, 0.25) is 23.6 Å². The van der Waals surface area contributed by atoms with Crippen LogP contribution in [0.3, 0.4) is 0 Å². The molecule has 0 aromatic heterocycles. The summed E-state index contributed by atoms with van der Waals surface area (Å²) < 4.78 is 6.32. The molecule has 1 saturated heterocycles. The Kier molecular flexibility index (Phi) is 14.4. The Hall–Kier alpha value is -5.23. The van der Waals surface area contributed by atoms with Crippen LogP contribution in [0.1, 0.15) is 98.2 Å². The van der Waals surface area contributed by atoms with Crippen molar-refractivity contribution in [2.45, 2.75) is 114 Å². The van der Waals surface area contributed by atoms with Crippen molar-refractivity contribution in [2.75, 3.05) is 26.7 Å². The third kappa shape index (κ3) is 11.2. The molecule has 12 nitrogen and oxygen atoms in total. The number of hydrogen-bond donors (Lipinski definition) is 4.